The molecule has 0 aliphatic heterocycles. The molecule has 0 saturated carbocycles. The van der Waals surface area contributed by atoms with Crippen molar-refractivity contribution in [1.29, 1.82) is 0 Å². The zero-order valence-electron chi connectivity index (χ0n) is 4.02. The molecule has 0 fully saturated rings. The summed E-state index contributed by atoms with van der Waals surface area (Å²) in [5.41, 5.74) is 1.80. The van der Waals surface area contributed by atoms with Gasteiger partial charge in [-0.05, 0) is 0 Å². The van der Waals surface area contributed by atoms with Crippen LogP contribution in [-0.2, 0) is 65.4 Å². The van der Waals surface area contributed by atoms with E-state index in [1.54, 1.807) is 0 Å². The molecule has 8 heavy (non-hydrogen) atoms. The van der Waals surface area contributed by atoms with E-state index in [2.05, 4.69) is 0 Å². The number of hydrogen-bond donors (Lipinski definition) is 0. The molecule has 0 aliphatic carbocycles. The molecule has 0 aromatic heterocycles. The maximum absolute atomic E-state index is 7.88. The molecule has 0 aromatic rings. The monoisotopic (exact) mass is 296 g/mol. The van der Waals surface area contributed by atoms with Gasteiger partial charge in [0.05, 0.1) is 0 Å². The van der Waals surface area contributed by atoms with Crippen LogP contribution in [0.3, 0.4) is 0 Å². The van der Waals surface area contributed by atoms with Gasteiger partial charge < -0.3 is 10.8 Å². The van der Waals surface area contributed by atoms with Crippen molar-refractivity contribution in [3.63, 3.8) is 0 Å². The van der Waals surface area contributed by atoms with Crippen molar-refractivity contribution in [2.75, 3.05) is 0 Å². The van der Waals surface area contributed by atoms with Crippen molar-refractivity contribution in [3.05, 3.63) is 10.8 Å². The minimum Gasteiger partial charge on any atom is -0.804 e. The van der Waals surface area contributed by atoms with Gasteiger partial charge in [0.15, 0.2) is 0 Å². The van der Waals surface area contributed by atoms with E-state index < -0.39 is 0 Å². The third-order valence-corrected chi connectivity index (χ3v) is 1.27. The Hall–Kier alpha value is 2.25. The van der Waals surface area contributed by atoms with Gasteiger partial charge in [0.2, 0.25) is 0 Å². The fourth-order valence-corrected chi connectivity index (χ4v) is 0.447. The first-order chi connectivity index (χ1) is 2.91. The second-order valence-corrected chi connectivity index (χ2v) is 2.36. The Bertz CT molecular complexity index is 52.0. The van der Waals surface area contributed by atoms with Crippen LogP contribution in [0.4, 0.5) is 0 Å². The molecule has 0 spiro atoms. The van der Waals surface area contributed by atoms with Crippen LogP contribution < -0.4 is 0 Å². The summed E-state index contributed by atoms with van der Waals surface area (Å²) in [5.74, 6) is 0. The molecule has 0 amide bonds. The average Bonchev–Trinajstić information content (AvgIpc) is 1.61. The molecule has 0 bridgehead atoms. The molecular weight excluding hydrogens is 294 g/mol. The van der Waals surface area contributed by atoms with Crippen LogP contribution in [-0.4, -0.2) is 11.1 Å². The first kappa shape index (κ1) is 16.7. The zero-order valence-corrected chi connectivity index (χ0v) is 11.3. The normalized spacial score (nSPS) is 5.50. The van der Waals surface area contributed by atoms with Gasteiger partial charge in [-0.3, -0.25) is 0 Å². The van der Waals surface area contributed by atoms with Crippen LogP contribution in [0.1, 0.15) is 0 Å². The Kier molecular flexibility index (Phi) is 33.6. The van der Waals surface area contributed by atoms with Crippen LogP contribution in [0.2, 0.25) is 0 Å². The zero-order chi connectivity index (χ0) is 4.83. The Morgan fingerprint density at radius 3 is 1.25 bits per heavy atom. The first-order valence-electron chi connectivity index (χ1n) is 1.15. The SMILES string of the molecule is [N-]=CSSC=[N-].[Y].[Y]. The standard InChI is InChI=1S/C2H2N2S2.2Y/c3-1-5-6-2-4;;/h1-2H;;/q-2;;. The molecule has 0 rings (SSSR count). The minimum atomic E-state index is 0. The summed E-state index contributed by atoms with van der Waals surface area (Å²) in [7, 11) is 2.10. The maximum atomic E-state index is 7.88. The van der Waals surface area contributed by atoms with E-state index in [1.807, 2.05) is 0 Å². The first-order valence-corrected chi connectivity index (χ1v) is 3.43. The summed E-state index contributed by atoms with van der Waals surface area (Å²) in [6.07, 6.45) is 0. The van der Waals surface area contributed by atoms with E-state index in [0.717, 1.165) is 32.7 Å². The van der Waals surface area contributed by atoms with Crippen molar-refractivity contribution in [3.8, 4) is 0 Å². The molecule has 0 aliphatic rings. The van der Waals surface area contributed by atoms with Gasteiger partial charge in [0.25, 0.3) is 0 Å². The van der Waals surface area contributed by atoms with Crippen LogP contribution >= 0.6 is 21.6 Å². The van der Waals surface area contributed by atoms with Gasteiger partial charge in [-0.2, -0.15) is 11.1 Å². The third-order valence-electron chi connectivity index (χ3n) is 0.142. The fraction of sp³-hybridized carbons (Fsp3) is 0. The van der Waals surface area contributed by atoms with Gasteiger partial charge in [-0.25, -0.2) is 0 Å². The molecular formula is C2H2N2S2Y2-2. The van der Waals surface area contributed by atoms with Crippen LogP contribution in [0, 0.1) is 0 Å². The van der Waals surface area contributed by atoms with Gasteiger partial charge in [0.1, 0.15) is 0 Å². The quantitative estimate of drug-likeness (QED) is 0.343. The van der Waals surface area contributed by atoms with Crippen LogP contribution in [0.15, 0.2) is 0 Å². The topological polar surface area (TPSA) is 44.6 Å². The molecule has 0 unspecified atom stereocenters. The predicted molar refractivity (Wildman–Crippen MR) is 34.0 cm³/mol. The molecule has 0 saturated heterocycles. The number of rotatable bonds is 3. The maximum Gasteiger partial charge on any atom is 0 e. The summed E-state index contributed by atoms with van der Waals surface area (Å²) in [6, 6.07) is 0. The molecule has 0 aromatic carbocycles. The van der Waals surface area contributed by atoms with Crippen LogP contribution in [0.25, 0.3) is 10.8 Å². The molecule has 0 atom stereocenters. The summed E-state index contributed by atoms with van der Waals surface area (Å²) in [4.78, 5) is 0. The molecule has 40 valence electrons. The van der Waals surface area contributed by atoms with E-state index in [1.165, 1.54) is 0 Å². The molecule has 2 radical (unpaired) electrons. The van der Waals surface area contributed by atoms with E-state index in [0.29, 0.717) is 0 Å². The second kappa shape index (κ2) is 16.1. The van der Waals surface area contributed by atoms with Crippen molar-refractivity contribution >= 4 is 32.7 Å². The third kappa shape index (κ3) is 15.7. The molecule has 2 nitrogen and oxygen atoms in total. The summed E-state index contributed by atoms with van der Waals surface area (Å²) < 4.78 is 0. The largest absolute Gasteiger partial charge is 0.804 e. The average molecular weight is 296 g/mol. The van der Waals surface area contributed by atoms with E-state index in [4.69, 9.17) is 10.8 Å². The molecule has 0 N–H and O–H groups in total. The van der Waals surface area contributed by atoms with E-state index in [-0.39, 0.29) is 65.4 Å². The Labute approximate surface area is 107 Å². The van der Waals surface area contributed by atoms with Gasteiger partial charge in [-0.15, -0.1) is 0 Å². The van der Waals surface area contributed by atoms with E-state index in [9.17, 15) is 0 Å². The Morgan fingerprint density at radius 1 is 0.875 bits per heavy atom. The Morgan fingerprint density at radius 2 is 1.12 bits per heavy atom. The smallest absolute Gasteiger partial charge is 0 e. The van der Waals surface area contributed by atoms with Crippen molar-refractivity contribution in [2.24, 2.45) is 0 Å². The number of hydrogen-bond acceptors (Lipinski definition) is 2. The van der Waals surface area contributed by atoms with Crippen molar-refractivity contribution in [1.82, 2.24) is 0 Å². The second-order valence-electron chi connectivity index (χ2n) is 0.403. The fourth-order valence-electron chi connectivity index (χ4n) is 0.0497. The molecule has 6 heteroatoms. The summed E-state index contributed by atoms with van der Waals surface area (Å²) in [6.45, 7) is 0. The van der Waals surface area contributed by atoms with Gasteiger partial charge in [-0.1, -0.05) is 21.6 Å². The van der Waals surface area contributed by atoms with Crippen LogP contribution in [0.5, 0.6) is 0 Å². The van der Waals surface area contributed by atoms with Crippen molar-refractivity contribution in [2.45, 2.75) is 0 Å². The summed E-state index contributed by atoms with van der Waals surface area (Å²) >= 11 is 0. The van der Waals surface area contributed by atoms with Gasteiger partial charge in [0, 0.05) is 65.4 Å². The van der Waals surface area contributed by atoms with E-state index >= 15 is 0 Å². The Balaban J connectivity index is -0.000000125. The number of nitrogens with zero attached hydrogens (tertiary/aromatic N) is 2. The minimum absolute atomic E-state index is 0. The van der Waals surface area contributed by atoms with Crippen molar-refractivity contribution < 1.29 is 65.4 Å². The summed E-state index contributed by atoms with van der Waals surface area (Å²) in [5, 5.41) is 15.8. The molecule has 0 heterocycles. The van der Waals surface area contributed by atoms with Gasteiger partial charge >= 0.3 is 0 Å². The predicted octanol–water partition coefficient (Wildman–Crippen LogP) is 1.56.